The van der Waals surface area contributed by atoms with Crippen LogP contribution in [0.15, 0.2) is 64.1 Å². The Kier molecular flexibility index (Phi) is 3.26. The Morgan fingerprint density at radius 3 is 2.60 bits per heavy atom. The number of anilines is 1. The van der Waals surface area contributed by atoms with Crippen molar-refractivity contribution in [3.05, 3.63) is 64.6 Å². The summed E-state index contributed by atoms with van der Waals surface area (Å²) in [6.45, 7) is 2.83. The van der Waals surface area contributed by atoms with Crippen LogP contribution in [-0.2, 0) is 5.54 Å². The van der Waals surface area contributed by atoms with Gasteiger partial charge in [0.2, 0.25) is 0 Å². The van der Waals surface area contributed by atoms with Crippen LogP contribution in [0.4, 0.5) is 5.69 Å². The largest absolute Gasteiger partial charge is 0.369 e. The molecule has 1 atom stereocenters. The molecule has 0 fully saturated rings. The van der Waals surface area contributed by atoms with Gasteiger partial charge >= 0.3 is 0 Å². The van der Waals surface area contributed by atoms with Gasteiger partial charge in [-0.25, -0.2) is 0 Å². The van der Waals surface area contributed by atoms with E-state index in [4.69, 9.17) is 5.73 Å². The molecule has 2 N–H and O–H groups in total. The number of benzene rings is 2. The van der Waals surface area contributed by atoms with Crippen molar-refractivity contribution >= 4 is 27.6 Å². The number of halogens is 1. The second kappa shape index (κ2) is 4.94. The Labute approximate surface area is 127 Å². The minimum atomic E-state index is -0.255. The van der Waals surface area contributed by atoms with Crippen LogP contribution in [-0.4, -0.2) is 12.5 Å². The van der Waals surface area contributed by atoms with Crippen LogP contribution in [0, 0.1) is 0 Å². The van der Waals surface area contributed by atoms with Crippen molar-refractivity contribution < 1.29 is 0 Å². The molecule has 0 bridgehead atoms. The van der Waals surface area contributed by atoms with Crippen LogP contribution in [0.3, 0.4) is 0 Å². The van der Waals surface area contributed by atoms with E-state index in [1.54, 1.807) is 0 Å². The number of hydrogen-bond donors (Lipinski definition) is 1. The summed E-state index contributed by atoms with van der Waals surface area (Å²) in [5.41, 5.74) is 8.13. The Balaban J connectivity index is 2.09. The fourth-order valence-corrected chi connectivity index (χ4v) is 3.07. The molecule has 0 saturated carbocycles. The van der Waals surface area contributed by atoms with Gasteiger partial charge in [0, 0.05) is 10.2 Å². The Morgan fingerprint density at radius 1 is 1.15 bits per heavy atom. The molecule has 2 aromatic carbocycles. The second-order valence-corrected chi connectivity index (χ2v) is 6.05. The molecule has 2 aromatic rings. The van der Waals surface area contributed by atoms with Crippen LogP contribution in [0.2, 0.25) is 0 Å². The van der Waals surface area contributed by atoms with Gasteiger partial charge in [0.15, 0.2) is 5.96 Å². The van der Waals surface area contributed by atoms with Gasteiger partial charge in [-0.1, -0.05) is 46.3 Å². The van der Waals surface area contributed by atoms with Gasteiger partial charge in [-0.15, -0.1) is 0 Å². The third-order valence-electron chi connectivity index (χ3n) is 3.73. The molecule has 0 amide bonds. The van der Waals surface area contributed by atoms with Gasteiger partial charge in [-0.3, -0.25) is 4.99 Å². The van der Waals surface area contributed by atoms with Crippen LogP contribution in [0.5, 0.6) is 0 Å². The van der Waals surface area contributed by atoms with Crippen molar-refractivity contribution in [2.24, 2.45) is 10.7 Å². The van der Waals surface area contributed by atoms with E-state index < -0.39 is 0 Å². The van der Waals surface area contributed by atoms with Crippen molar-refractivity contribution in [1.82, 2.24) is 0 Å². The maximum absolute atomic E-state index is 6.13. The molecular weight excluding hydrogens is 314 g/mol. The first kappa shape index (κ1) is 13.2. The molecule has 0 saturated heterocycles. The number of aliphatic imine (C=N–C) groups is 1. The number of rotatable bonds is 2. The summed E-state index contributed by atoms with van der Waals surface area (Å²) in [5.74, 6) is 0.568. The summed E-state index contributed by atoms with van der Waals surface area (Å²) in [7, 11) is 0. The molecule has 1 aliphatic heterocycles. The lowest BCUT2D eigenvalue weighted by atomic mass is 9.90. The summed E-state index contributed by atoms with van der Waals surface area (Å²) in [6.07, 6.45) is 0. The number of hydrogen-bond acceptors (Lipinski definition) is 3. The molecule has 4 heteroatoms. The van der Waals surface area contributed by atoms with Gasteiger partial charge in [-0.05, 0) is 36.8 Å². The van der Waals surface area contributed by atoms with E-state index in [0.29, 0.717) is 12.5 Å². The number of nitrogens with zero attached hydrogens (tertiary/aromatic N) is 2. The standard InChI is InChI=1S/C16H16BrN3/c1-16(12-6-5-7-13(17)10-12)11-19-15(18)20(16)14-8-3-2-4-9-14/h2-10H,11H2,1H3,(H2,18,19). The average Bonchev–Trinajstić information content (AvgIpc) is 2.77. The molecule has 1 heterocycles. The smallest absolute Gasteiger partial charge is 0.196 e. The molecule has 3 rings (SSSR count). The molecule has 1 aliphatic rings. The third kappa shape index (κ3) is 2.10. The minimum Gasteiger partial charge on any atom is -0.369 e. The summed E-state index contributed by atoms with van der Waals surface area (Å²) in [6, 6.07) is 18.5. The number of para-hydroxylation sites is 1. The highest BCUT2D eigenvalue weighted by molar-refractivity contribution is 9.10. The molecule has 0 aliphatic carbocycles. The maximum Gasteiger partial charge on any atom is 0.196 e. The second-order valence-electron chi connectivity index (χ2n) is 5.13. The first-order valence-electron chi connectivity index (χ1n) is 6.52. The monoisotopic (exact) mass is 329 g/mol. The number of guanidine groups is 1. The molecule has 1 unspecified atom stereocenters. The first-order valence-corrected chi connectivity index (χ1v) is 7.32. The molecule has 102 valence electrons. The number of nitrogens with two attached hydrogens (primary N) is 1. The summed E-state index contributed by atoms with van der Waals surface area (Å²) in [4.78, 5) is 6.56. The Bertz CT molecular complexity index is 654. The van der Waals surface area contributed by atoms with Crippen LogP contribution >= 0.6 is 15.9 Å². The zero-order valence-electron chi connectivity index (χ0n) is 11.3. The lowest BCUT2D eigenvalue weighted by molar-refractivity contribution is 0.532. The minimum absolute atomic E-state index is 0.255. The fraction of sp³-hybridized carbons (Fsp3) is 0.188. The predicted molar refractivity (Wildman–Crippen MR) is 86.9 cm³/mol. The van der Waals surface area contributed by atoms with Crippen molar-refractivity contribution in [2.45, 2.75) is 12.5 Å². The van der Waals surface area contributed by atoms with Crippen molar-refractivity contribution in [1.29, 1.82) is 0 Å². The summed E-state index contributed by atoms with van der Waals surface area (Å²) >= 11 is 3.54. The summed E-state index contributed by atoms with van der Waals surface area (Å²) in [5, 5.41) is 0. The van der Waals surface area contributed by atoms with E-state index in [0.717, 1.165) is 10.2 Å². The van der Waals surface area contributed by atoms with E-state index in [-0.39, 0.29) is 5.54 Å². The van der Waals surface area contributed by atoms with E-state index in [1.165, 1.54) is 5.56 Å². The highest BCUT2D eigenvalue weighted by Gasteiger charge is 2.40. The zero-order valence-corrected chi connectivity index (χ0v) is 12.8. The topological polar surface area (TPSA) is 41.6 Å². The predicted octanol–water partition coefficient (Wildman–Crippen LogP) is 3.50. The van der Waals surface area contributed by atoms with Crippen molar-refractivity contribution in [3.63, 3.8) is 0 Å². The first-order chi connectivity index (χ1) is 9.61. The highest BCUT2D eigenvalue weighted by atomic mass is 79.9. The van der Waals surface area contributed by atoms with Gasteiger partial charge in [0.25, 0.3) is 0 Å². The molecular formula is C16H16BrN3. The Morgan fingerprint density at radius 2 is 1.90 bits per heavy atom. The van der Waals surface area contributed by atoms with Crippen LogP contribution in [0.1, 0.15) is 12.5 Å². The SMILES string of the molecule is CC1(c2cccc(Br)c2)CN=C(N)N1c1ccccc1. The normalized spacial score (nSPS) is 21.9. The Hall–Kier alpha value is -1.81. The zero-order chi connectivity index (χ0) is 14.2. The quantitative estimate of drug-likeness (QED) is 0.916. The lowest BCUT2D eigenvalue weighted by Gasteiger charge is -2.36. The molecule has 20 heavy (non-hydrogen) atoms. The van der Waals surface area contributed by atoms with Crippen molar-refractivity contribution in [3.8, 4) is 0 Å². The van der Waals surface area contributed by atoms with Gasteiger partial charge < -0.3 is 10.6 Å². The maximum atomic E-state index is 6.13. The van der Waals surface area contributed by atoms with Crippen molar-refractivity contribution in [2.75, 3.05) is 11.4 Å². The third-order valence-corrected chi connectivity index (χ3v) is 4.23. The fourth-order valence-electron chi connectivity index (χ4n) is 2.67. The molecule has 3 nitrogen and oxygen atoms in total. The highest BCUT2D eigenvalue weighted by Crippen LogP contribution is 2.37. The van der Waals surface area contributed by atoms with E-state index in [9.17, 15) is 0 Å². The van der Waals surface area contributed by atoms with Gasteiger partial charge in [0.05, 0.1) is 12.1 Å². The van der Waals surface area contributed by atoms with Gasteiger partial charge in [-0.2, -0.15) is 0 Å². The molecule has 0 radical (unpaired) electrons. The van der Waals surface area contributed by atoms with Gasteiger partial charge in [0.1, 0.15) is 0 Å². The van der Waals surface area contributed by atoms with E-state index in [1.807, 2.05) is 30.3 Å². The lowest BCUT2D eigenvalue weighted by Crippen LogP contribution is -2.47. The molecule has 0 aromatic heterocycles. The average molecular weight is 330 g/mol. The molecule has 0 spiro atoms. The van der Waals surface area contributed by atoms with Crippen LogP contribution in [0.25, 0.3) is 0 Å². The van der Waals surface area contributed by atoms with E-state index >= 15 is 0 Å². The summed E-state index contributed by atoms with van der Waals surface area (Å²) < 4.78 is 1.06. The van der Waals surface area contributed by atoms with Crippen LogP contribution < -0.4 is 10.6 Å². The van der Waals surface area contributed by atoms with E-state index in [2.05, 4.69) is 57.0 Å².